The zero-order valence-electron chi connectivity index (χ0n) is 13.6. The summed E-state index contributed by atoms with van der Waals surface area (Å²) in [7, 11) is 0. The van der Waals surface area contributed by atoms with Crippen molar-refractivity contribution in [3.8, 4) is 5.75 Å². The van der Waals surface area contributed by atoms with Crippen LogP contribution < -0.4 is 15.4 Å². The molecule has 1 atom stereocenters. The second-order valence-electron chi connectivity index (χ2n) is 4.98. The third-order valence-corrected chi connectivity index (χ3v) is 2.85. The van der Waals surface area contributed by atoms with E-state index in [2.05, 4.69) is 10.6 Å². The molecule has 0 fully saturated rings. The van der Waals surface area contributed by atoms with Gasteiger partial charge < -0.3 is 20.1 Å². The second kappa shape index (κ2) is 10.2. The minimum atomic E-state index is -0.752. The lowest BCUT2D eigenvalue weighted by atomic mass is 10.3. The van der Waals surface area contributed by atoms with E-state index >= 15 is 0 Å². The van der Waals surface area contributed by atoms with Crippen LogP contribution in [0.25, 0.3) is 0 Å². The number of amides is 2. The predicted octanol–water partition coefficient (Wildman–Crippen LogP) is 0.779. The van der Waals surface area contributed by atoms with E-state index in [1.165, 1.54) is 31.2 Å². The van der Waals surface area contributed by atoms with Gasteiger partial charge in [0.1, 0.15) is 17.6 Å². The smallest absolute Gasteiger partial charge is 0.344 e. The van der Waals surface area contributed by atoms with E-state index in [4.69, 9.17) is 9.47 Å². The molecule has 0 spiro atoms. The Labute approximate surface area is 139 Å². The Hall–Kier alpha value is -2.64. The maximum Gasteiger partial charge on any atom is 0.344 e. The molecule has 0 radical (unpaired) electrons. The molecule has 0 unspecified atom stereocenters. The maximum absolute atomic E-state index is 12.7. The SMILES string of the molecule is CCCNC(=O)[C@@H](C)NC(=O)COC(=O)COc1ccc(F)cc1. The Kier molecular flexibility index (Phi) is 8.24. The molecular weight excluding hydrogens is 319 g/mol. The molecule has 8 heteroatoms. The molecule has 1 aromatic carbocycles. The van der Waals surface area contributed by atoms with Gasteiger partial charge in [-0.25, -0.2) is 9.18 Å². The highest BCUT2D eigenvalue weighted by molar-refractivity contribution is 5.88. The van der Waals surface area contributed by atoms with E-state index in [1.54, 1.807) is 0 Å². The molecule has 0 aliphatic rings. The fourth-order valence-electron chi connectivity index (χ4n) is 1.61. The number of halogens is 1. The minimum absolute atomic E-state index is 0.305. The molecule has 0 aromatic heterocycles. The van der Waals surface area contributed by atoms with Crippen LogP contribution in [0.2, 0.25) is 0 Å². The molecular formula is C16H21FN2O5. The summed E-state index contributed by atoms with van der Waals surface area (Å²) in [6, 6.07) is 4.40. The van der Waals surface area contributed by atoms with Crippen LogP contribution in [0.15, 0.2) is 24.3 Å². The number of carbonyl (C=O) groups is 3. The van der Waals surface area contributed by atoms with E-state index in [-0.39, 0.29) is 5.91 Å². The van der Waals surface area contributed by atoms with Crippen LogP contribution in [-0.2, 0) is 19.1 Å². The average Bonchev–Trinajstić information content (AvgIpc) is 2.57. The second-order valence-corrected chi connectivity index (χ2v) is 4.98. The van der Waals surface area contributed by atoms with E-state index in [0.29, 0.717) is 12.3 Å². The van der Waals surface area contributed by atoms with Gasteiger partial charge in [-0.3, -0.25) is 9.59 Å². The molecule has 0 saturated carbocycles. The number of esters is 1. The van der Waals surface area contributed by atoms with Gasteiger partial charge in [-0.2, -0.15) is 0 Å². The highest BCUT2D eigenvalue weighted by atomic mass is 19.1. The molecule has 2 N–H and O–H groups in total. The first-order valence-electron chi connectivity index (χ1n) is 7.53. The van der Waals surface area contributed by atoms with Gasteiger partial charge in [-0.1, -0.05) is 6.92 Å². The number of hydrogen-bond donors (Lipinski definition) is 2. The number of ether oxygens (including phenoxy) is 2. The molecule has 0 heterocycles. The first kappa shape index (κ1) is 19.4. The molecule has 0 aliphatic carbocycles. The van der Waals surface area contributed by atoms with Crippen molar-refractivity contribution >= 4 is 17.8 Å². The fourth-order valence-corrected chi connectivity index (χ4v) is 1.61. The highest BCUT2D eigenvalue weighted by Crippen LogP contribution is 2.10. The summed E-state index contributed by atoms with van der Waals surface area (Å²) < 4.78 is 22.5. The van der Waals surface area contributed by atoms with Gasteiger partial charge in [0, 0.05) is 6.54 Å². The van der Waals surface area contributed by atoms with Gasteiger partial charge in [0.25, 0.3) is 5.91 Å². The monoisotopic (exact) mass is 340 g/mol. The van der Waals surface area contributed by atoms with Crippen LogP contribution in [-0.4, -0.2) is 43.6 Å². The van der Waals surface area contributed by atoms with Crippen molar-refractivity contribution in [3.63, 3.8) is 0 Å². The average molecular weight is 340 g/mol. The Balaban J connectivity index is 2.24. The number of benzene rings is 1. The van der Waals surface area contributed by atoms with Crippen molar-refractivity contribution in [2.45, 2.75) is 26.3 Å². The van der Waals surface area contributed by atoms with Crippen molar-refractivity contribution in [1.29, 1.82) is 0 Å². The summed E-state index contributed by atoms with van der Waals surface area (Å²) in [5.74, 6) is -1.77. The number of carbonyl (C=O) groups excluding carboxylic acids is 3. The summed E-state index contributed by atoms with van der Waals surface area (Å²) in [6.07, 6.45) is 0.790. The quantitative estimate of drug-likeness (QED) is 0.648. The lowest BCUT2D eigenvalue weighted by molar-refractivity contribution is -0.150. The summed E-state index contributed by atoms with van der Waals surface area (Å²) in [5.41, 5.74) is 0. The summed E-state index contributed by atoms with van der Waals surface area (Å²) in [6.45, 7) is 3.04. The molecule has 132 valence electrons. The normalized spacial score (nSPS) is 11.3. The summed E-state index contributed by atoms with van der Waals surface area (Å²) in [4.78, 5) is 34.6. The van der Waals surface area contributed by atoms with Gasteiger partial charge in [0.15, 0.2) is 13.2 Å². The lowest BCUT2D eigenvalue weighted by Crippen LogP contribution is -2.46. The molecule has 1 aromatic rings. The third-order valence-electron chi connectivity index (χ3n) is 2.85. The Morgan fingerprint density at radius 3 is 2.46 bits per heavy atom. The van der Waals surface area contributed by atoms with Crippen molar-refractivity contribution < 1.29 is 28.2 Å². The van der Waals surface area contributed by atoms with Gasteiger partial charge >= 0.3 is 5.97 Å². The third kappa shape index (κ3) is 7.57. The van der Waals surface area contributed by atoms with Gasteiger partial charge in [-0.15, -0.1) is 0 Å². The Bertz CT molecular complexity index is 562. The van der Waals surface area contributed by atoms with E-state index in [9.17, 15) is 18.8 Å². The van der Waals surface area contributed by atoms with Gasteiger partial charge in [-0.05, 0) is 37.6 Å². The topological polar surface area (TPSA) is 93.7 Å². The van der Waals surface area contributed by atoms with E-state index in [0.717, 1.165) is 6.42 Å². The van der Waals surface area contributed by atoms with Crippen molar-refractivity contribution in [3.05, 3.63) is 30.1 Å². The molecule has 7 nitrogen and oxygen atoms in total. The van der Waals surface area contributed by atoms with Crippen molar-refractivity contribution in [1.82, 2.24) is 10.6 Å². The number of hydrogen-bond acceptors (Lipinski definition) is 5. The van der Waals surface area contributed by atoms with Gasteiger partial charge in [0.05, 0.1) is 0 Å². The van der Waals surface area contributed by atoms with Crippen LogP contribution in [0.1, 0.15) is 20.3 Å². The van der Waals surface area contributed by atoms with Crippen LogP contribution in [0.3, 0.4) is 0 Å². The lowest BCUT2D eigenvalue weighted by Gasteiger charge is -2.13. The molecule has 0 aliphatic heterocycles. The molecule has 2 amide bonds. The van der Waals surface area contributed by atoms with Crippen molar-refractivity contribution in [2.24, 2.45) is 0 Å². The zero-order chi connectivity index (χ0) is 17.9. The minimum Gasteiger partial charge on any atom is -0.482 e. The predicted molar refractivity (Wildman–Crippen MR) is 83.8 cm³/mol. The maximum atomic E-state index is 12.7. The summed E-state index contributed by atoms with van der Waals surface area (Å²) >= 11 is 0. The standard InChI is InChI=1S/C16H21FN2O5/c1-3-8-18-16(22)11(2)19-14(20)9-24-15(21)10-23-13-6-4-12(17)5-7-13/h4-7,11H,3,8-10H2,1-2H3,(H,18,22)(H,19,20)/t11-/m1/s1. The van der Waals surface area contributed by atoms with Crippen LogP contribution in [0.5, 0.6) is 5.75 Å². The zero-order valence-corrected chi connectivity index (χ0v) is 13.6. The fraction of sp³-hybridized carbons (Fsp3) is 0.438. The Morgan fingerprint density at radius 2 is 1.83 bits per heavy atom. The molecule has 24 heavy (non-hydrogen) atoms. The largest absolute Gasteiger partial charge is 0.482 e. The molecule has 1 rings (SSSR count). The first-order valence-corrected chi connectivity index (χ1v) is 7.53. The first-order chi connectivity index (χ1) is 11.4. The Morgan fingerprint density at radius 1 is 1.17 bits per heavy atom. The molecule has 0 bridgehead atoms. The van der Waals surface area contributed by atoms with Crippen molar-refractivity contribution in [2.75, 3.05) is 19.8 Å². The van der Waals surface area contributed by atoms with Gasteiger partial charge in [0.2, 0.25) is 5.91 Å². The van der Waals surface area contributed by atoms with Crippen LogP contribution in [0.4, 0.5) is 4.39 Å². The summed E-state index contributed by atoms with van der Waals surface area (Å²) in [5, 5.41) is 5.05. The van der Waals surface area contributed by atoms with Crippen LogP contribution >= 0.6 is 0 Å². The van der Waals surface area contributed by atoms with E-state index in [1.807, 2.05) is 6.92 Å². The molecule has 0 saturated heterocycles. The highest BCUT2D eigenvalue weighted by Gasteiger charge is 2.16. The van der Waals surface area contributed by atoms with E-state index < -0.39 is 36.9 Å². The van der Waals surface area contributed by atoms with Crippen LogP contribution in [0, 0.1) is 5.82 Å². The number of nitrogens with one attached hydrogen (secondary N) is 2. The number of rotatable bonds is 9.